The lowest BCUT2D eigenvalue weighted by atomic mass is 10.1. The fraction of sp³-hybridized carbons (Fsp3) is 0.579. The van der Waals surface area contributed by atoms with Gasteiger partial charge in [0.15, 0.2) is 0 Å². The van der Waals surface area contributed by atoms with Gasteiger partial charge in [-0.25, -0.2) is 14.6 Å². The van der Waals surface area contributed by atoms with E-state index in [1.165, 1.54) is 0 Å². The van der Waals surface area contributed by atoms with E-state index in [4.69, 9.17) is 0 Å². The zero-order chi connectivity index (χ0) is 18.8. The van der Waals surface area contributed by atoms with Gasteiger partial charge >= 0.3 is 0 Å². The van der Waals surface area contributed by atoms with Crippen molar-refractivity contribution >= 4 is 18.3 Å². The average molecular weight is 393 g/mol. The number of nitrogens with one attached hydrogen (secondary N) is 1. The Kier molecular flexibility index (Phi) is 6.95. The summed E-state index contributed by atoms with van der Waals surface area (Å²) in [4.78, 5) is 23.7. The summed E-state index contributed by atoms with van der Waals surface area (Å²) >= 11 is 0. The molecule has 1 aliphatic heterocycles. The van der Waals surface area contributed by atoms with Crippen molar-refractivity contribution in [3.05, 3.63) is 34.4 Å². The third kappa shape index (κ3) is 4.65. The number of nitrogens with zero attached hydrogens (tertiary/aromatic N) is 5. The van der Waals surface area contributed by atoms with Crippen LogP contribution in [0.4, 0.5) is 0 Å². The quantitative estimate of drug-likeness (QED) is 0.841. The summed E-state index contributed by atoms with van der Waals surface area (Å²) in [7, 11) is 1.96. The fourth-order valence-corrected chi connectivity index (χ4v) is 3.71. The van der Waals surface area contributed by atoms with Crippen molar-refractivity contribution in [1.82, 2.24) is 30.0 Å². The SMILES string of the molecule is CNCC1CCN(C(=O)Cc2c(C)nn(-c3nc(C)cc(C)n3)c2C)C1.Cl. The van der Waals surface area contributed by atoms with Crippen molar-refractivity contribution in [1.29, 1.82) is 0 Å². The van der Waals surface area contributed by atoms with Crippen molar-refractivity contribution in [3.63, 3.8) is 0 Å². The Bertz CT molecular complexity index is 799. The fourth-order valence-electron chi connectivity index (χ4n) is 3.71. The summed E-state index contributed by atoms with van der Waals surface area (Å²) in [6.45, 7) is 10.5. The van der Waals surface area contributed by atoms with Crippen LogP contribution in [0.25, 0.3) is 5.95 Å². The van der Waals surface area contributed by atoms with Gasteiger partial charge in [0, 0.05) is 35.7 Å². The normalized spacial score (nSPS) is 16.5. The first-order valence-corrected chi connectivity index (χ1v) is 9.19. The van der Waals surface area contributed by atoms with E-state index in [0.717, 1.165) is 54.4 Å². The predicted molar refractivity (Wildman–Crippen MR) is 108 cm³/mol. The number of aromatic nitrogens is 4. The van der Waals surface area contributed by atoms with E-state index in [2.05, 4.69) is 20.4 Å². The van der Waals surface area contributed by atoms with E-state index in [1.54, 1.807) is 4.68 Å². The van der Waals surface area contributed by atoms with Crippen LogP contribution in [0.3, 0.4) is 0 Å². The molecule has 2 aromatic rings. The van der Waals surface area contributed by atoms with Gasteiger partial charge in [-0.3, -0.25) is 4.79 Å². The van der Waals surface area contributed by atoms with E-state index in [1.807, 2.05) is 45.7 Å². The molecular formula is C19H29ClN6O. The predicted octanol–water partition coefficient (Wildman–Crippen LogP) is 1.93. The molecule has 1 atom stereocenters. The third-order valence-electron chi connectivity index (χ3n) is 5.06. The van der Waals surface area contributed by atoms with Crippen LogP contribution < -0.4 is 5.32 Å². The Morgan fingerprint density at radius 2 is 1.89 bits per heavy atom. The smallest absolute Gasteiger partial charge is 0.251 e. The molecule has 1 fully saturated rings. The number of aryl methyl sites for hydroxylation is 3. The lowest BCUT2D eigenvalue weighted by Gasteiger charge is -2.16. The van der Waals surface area contributed by atoms with Crippen LogP contribution in [-0.4, -0.2) is 57.2 Å². The molecule has 1 N–H and O–H groups in total. The maximum atomic E-state index is 12.8. The first kappa shape index (κ1) is 21.3. The monoisotopic (exact) mass is 392 g/mol. The van der Waals surface area contributed by atoms with E-state index < -0.39 is 0 Å². The van der Waals surface area contributed by atoms with Gasteiger partial charge in [0.25, 0.3) is 5.95 Å². The molecule has 3 heterocycles. The molecule has 27 heavy (non-hydrogen) atoms. The second kappa shape index (κ2) is 8.80. The summed E-state index contributed by atoms with van der Waals surface area (Å²) in [5.74, 6) is 1.30. The molecule has 0 aromatic carbocycles. The summed E-state index contributed by atoms with van der Waals surface area (Å²) in [5.41, 5.74) is 4.60. The van der Waals surface area contributed by atoms with Crippen LogP contribution in [0, 0.1) is 33.6 Å². The molecule has 7 nitrogen and oxygen atoms in total. The first-order valence-electron chi connectivity index (χ1n) is 9.19. The maximum absolute atomic E-state index is 12.8. The molecule has 1 aliphatic rings. The molecular weight excluding hydrogens is 364 g/mol. The minimum absolute atomic E-state index is 0. The Hall–Kier alpha value is -1.99. The number of rotatable bonds is 5. The second-order valence-corrected chi connectivity index (χ2v) is 7.24. The van der Waals surface area contributed by atoms with Gasteiger partial charge in [0.1, 0.15) is 0 Å². The van der Waals surface area contributed by atoms with E-state index in [9.17, 15) is 4.79 Å². The molecule has 1 saturated heterocycles. The highest BCUT2D eigenvalue weighted by atomic mass is 35.5. The largest absolute Gasteiger partial charge is 0.342 e. The lowest BCUT2D eigenvalue weighted by Crippen LogP contribution is -2.31. The van der Waals surface area contributed by atoms with Gasteiger partial charge < -0.3 is 10.2 Å². The van der Waals surface area contributed by atoms with Gasteiger partial charge in [-0.1, -0.05) is 0 Å². The standard InChI is InChI=1S/C19H28N6O.ClH/c1-12-8-13(2)22-19(21-12)25-15(4)17(14(3)23-25)9-18(26)24-7-6-16(11-24)10-20-5;/h8,16,20H,6-7,9-11H2,1-5H3;1H. The highest BCUT2D eigenvalue weighted by Gasteiger charge is 2.27. The molecule has 0 bridgehead atoms. The Balaban J connectivity index is 0.00000261. The number of hydrogen-bond donors (Lipinski definition) is 1. The molecule has 2 aromatic heterocycles. The van der Waals surface area contributed by atoms with E-state index in [0.29, 0.717) is 18.3 Å². The van der Waals surface area contributed by atoms with Gasteiger partial charge in [-0.15, -0.1) is 12.4 Å². The van der Waals surface area contributed by atoms with Gasteiger partial charge in [0.05, 0.1) is 12.1 Å². The van der Waals surface area contributed by atoms with E-state index >= 15 is 0 Å². The Labute approximate surface area is 167 Å². The second-order valence-electron chi connectivity index (χ2n) is 7.24. The van der Waals surface area contributed by atoms with Crippen LogP contribution in [0.1, 0.15) is 34.8 Å². The molecule has 0 saturated carbocycles. The minimum Gasteiger partial charge on any atom is -0.342 e. The summed E-state index contributed by atoms with van der Waals surface area (Å²) < 4.78 is 1.76. The number of halogens is 1. The third-order valence-corrected chi connectivity index (χ3v) is 5.06. The number of carbonyl (C=O) groups is 1. The molecule has 1 unspecified atom stereocenters. The minimum atomic E-state index is 0. The zero-order valence-corrected chi connectivity index (χ0v) is 17.6. The van der Waals surface area contributed by atoms with Gasteiger partial charge in [0.2, 0.25) is 5.91 Å². The molecule has 0 spiro atoms. The molecule has 0 radical (unpaired) electrons. The van der Waals surface area contributed by atoms with Gasteiger partial charge in [-0.2, -0.15) is 5.10 Å². The average Bonchev–Trinajstić information content (AvgIpc) is 3.14. The molecule has 1 amide bonds. The number of amides is 1. The number of hydrogen-bond acceptors (Lipinski definition) is 5. The topological polar surface area (TPSA) is 75.9 Å². The Morgan fingerprint density at radius 1 is 1.22 bits per heavy atom. The molecule has 8 heteroatoms. The van der Waals surface area contributed by atoms with E-state index in [-0.39, 0.29) is 18.3 Å². The summed E-state index contributed by atoms with van der Waals surface area (Å²) in [6, 6.07) is 1.94. The van der Waals surface area contributed by atoms with Crippen LogP contribution in [0.15, 0.2) is 6.07 Å². The number of carbonyl (C=O) groups excluding carboxylic acids is 1. The van der Waals surface area contributed by atoms with Crippen molar-refractivity contribution in [2.45, 2.75) is 40.5 Å². The maximum Gasteiger partial charge on any atom is 0.251 e. The zero-order valence-electron chi connectivity index (χ0n) is 16.7. The summed E-state index contributed by atoms with van der Waals surface area (Å²) in [6.07, 6.45) is 1.45. The van der Waals surface area contributed by atoms with Crippen LogP contribution in [0.2, 0.25) is 0 Å². The molecule has 0 aliphatic carbocycles. The first-order chi connectivity index (χ1) is 12.4. The number of likely N-dealkylation sites (tertiary alicyclic amines) is 1. The van der Waals surface area contributed by atoms with Crippen LogP contribution in [-0.2, 0) is 11.2 Å². The lowest BCUT2D eigenvalue weighted by molar-refractivity contribution is -0.129. The summed E-state index contributed by atoms with van der Waals surface area (Å²) in [5, 5.41) is 7.80. The highest BCUT2D eigenvalue weighted by Crippen LogP contribution is 2.21. The van der Waals surface area contributed by atoms with Gasteiger partial charge in [-0.05, 0) is 59.7 Å². The van der Waals surface area contributed by atoms with Crippen molar-refractivity contribution in [2.24, 2.45) is 5.92 Å². The van der Waals surface area contributed by atoms with Crippen LogP contribution >= 0.6 is 12.4 Å². The Morgan fingerprint density at radius 3 is 2.52 bits per heavy atom. The molecule has 148 valence electrons. The van der Waals surface area contributed by atoms with Crippen molar-refractivity contribution in [2.75, 3.05) is 26.7 Å². The molecule has 3 rings (SSSR count). The van der Waals surface area contributed by atoms with Crippen molar-refractivity contribution in [3.8, 4) is 5.95 Å². The highest BCUT2D eigenvalue weighted by molar-refractivity contribution is 5.85. The van der Waals surface area contributed by atoms with Crippen molar-refractivity contribution < 1.29 is 4.79 Å². The van der Waals surface area contributed by atoms with Crippen LogP contribution in [0.5, 0.6) is 0 Å².